The molecule has 0 unspecified atom stereocenters. The van der Waals surface area contributed by atoms with E-state index in [1.165, 1.54) is 4.90 Å². The van der Waals surface area contributed by atoms with E-state index in [1.807, 2.05) is 19.2 Å². The van der Waals surface area contributed by atoms with Gasteiger partial charge in [-0.05, 0) is 45.4 Å². The minimum absolute atomic E-state index is 0.0988. The molecule has 1 aliphatic rings. The average Bonchev–Trinajstić information content (AvgIpc) is 3.64. The molecular weight excluding hydrogens is 788 g/mol. The van der Waals surface area contributed by atoms with E-state index in [4.69, 9.17) is 16.6 Å². The highest BCUT2D eigenvalue weighted by atomic mass is 16.4. The lowest BCUT2D eigenvalue weighted by atomic mass is 10.0. The van der Waals surface area contributed by atoms with Gasteiger partial charge in [0.25, 0.3) is 0 Å². The number of aliphatic carboxylic acids is 2. The minimum Gasteiger partial charge on any atom is -0.481 e. The maximum atomic E-state index is 13.1. The number of amides is 9. The van der Waals surface area contributed by atoms with E-state index in [1.54, 1.807) is 0 Å². The van der Waals surface area contributed by atoms with Crippen molar-refractivity contribution in [3.63, 3.8) is 0 Å². The smallest absolute Gasteiger partial charge is 0.328 e. The van der Waals surface area contributed by atoms with Crippen molar-refractivity contribution in [2.45, 2.75) is 115 Å². The second kappa shape index (κ2) is 24.7. The van der Waals surface area contributed by atoms with E-state index in [9.17, 15) is 68.1 Å². The molecule has 332 valence electrons. The van der Waals surface area contributed by atoms with Gasteiger partial charge in [-0.2, -0.15) is 0 Å². The van der Waals surface area contributed by atoms with Gasteiger partial charge in [-0.25, -0.2) is 4.79 Å². The lowest BCUT2D eigenvalue weighted by molar-refractivity contribution is -0.144. The molecule has 1 heterocycles. The first-order valence-electron chi connectivity index (χ1n) is 18.6. The van der Waals surface area contributed by atoms with Gasteiger partial charge in [0.05, 0.1) is 38.3 Å². The molecule has 0 aliphatic carbocycles. The van der Waals surface area contributed by atoms with Crippen molar-refractivity contribution in [3.8, 4) is 0 Å². The molecule has 0 bridgehead atoms. The van der Waals surface area contributed by atoms with Crippen LogP contribution in [-0.2, 0) is 52.7 Å². The molecule has 1 fully saturated rings. The van der Waals surface area contributed by atoms with Gasteiger partial charge < -0.3 is 74.0 Å². The van der Waals surface area contributed by atoms with E-state index in [2.05, 4.69) is 31.9 Å². The highest BCUT2D eigenvalue weighted by Crippen LogP contribution is 2.20. The minimum atomic E-state index is -1.71. The van der Waals surface area contributed by atoms with Crippen molar-refractivity contribution in [1.82, 2.24) is 42.1 Å². The summed E-state index contributed by atoms with van der Waals surface area (Å²) in [5.74, 6) is -11.4. The van der Waals surface area contributed by atoms with Crippen molar-refractivity contribution >= 4 is 65.1 Å². The highest BCUT2D eigenvalue weighted by molar-refractivity contribution is 5.98. The Hall–Kier alpha value is -5.95. The number of carbonyl (C=O) groups is 11. The molecule has 25 nitrogen and oxygen atoms in total. The number of hydrogen-bond acceptors (Lipinski definition) is 14. The first-order chi connectivity index (χ1) is 27.5. The second-order valence-electron chi connectivity index (χ2n) is 14.2. The Balaban J connectivity index is 2.84. The number of carboxylic acids is 2. The Kier molecular flexibility index (Phi) is 21.4. The third kappa shape index (κ3) is 18.0. The van der Waals surface area contributed by atoms with E-state index >= 15 is 0 Å². The van der Waals surface area contributed by atoms with E-state index in [0.717, 1.165) is 13.8 Å². The molecule has 59 heavy (non-hydrogen) atoms. The number of primary amides is 1. The molecule has 1 rings (SSSR count). The summed E-state index contributed by atoms with van der Waals surface area (Å²) in [6, 6.07) is -9.94. The Labute approximate surface area is 338 Å². The highest BCUT2D eigenvalue weighted by Gasteiger charge is 2.38. The third-order valence-electron chi connectivity index (χ3n) is 8.70. The number of nitrogens with one attached hydrogen (secondary N) is 7. The molecule has 0 aromatic carbocycles. The molecular formula is C34H56N10O15. The Morgan fingerprint density at radius 3 is 1.83 bits per heavy atom. The predicted octanol–water partition coefficient (Wildman–Crippen LogP) is -6.78. The number of aliphatic hydroxyl groups excluding tert-OH is 2. The van der Waals surface area contributed by atoms with Crippen LogP contribution in [0.2, 0.25) is 0 Å². The molecule has 25 heteroatoms. The van der Waals surface area contributed by atoms with Crippen molar-refractivity contribution in [1.29, 1.82) is 0 Å². The number of rotatable bonds is 25. The molecule has 1 saturated heterocycles. The van der Waals surface area contributed by atoms with Gasteiger partial charge in [0, 0.05) is 13.0 Å². The number of carboxylic acid groups (broad SMARTS) is 2. The second-order valence-corrected chi connectivity index (χ2v) is 14.2. The Bertz CT molecular complexity index is 1580. The monoisotopic (exact) mass is 844 g/mol. The Morgan fingerprint density at radius 2 is 1.32 bits per heavy atom. The molecule has 0 aromatic heterocycles. The van der Waals surface area contributed by atoms with Crippen LogP contribution in [0.1, 0.15) is 66.2 Å². The molecule has 15 N–H and O–H groups in total. The van der Waals surface area contributed by atoms with Crippen LogP contribution in [-0.4, -0.2) is 165 Å². The van der Waals surface area contributed by atoms with Crippen molar-refractivity contribution in [2.24, 2.45) is 17.4 Å². The van der Waals surface area contributed by atoms with Crippen LogP contribution in [0.4, 0.5) is 0 Å². The summed E-state index contributed by atoms with van der Waals surface area (Å²) in [7, 11) is 0. The van der Waals surface area contributed by atoms with Crippen LogP contribution < -0.4 is 48.7 Å². The Morgan fingerprint density at radius 1 is 0.746 bits per heavy atom. The van der Waals surface area contributed by atoms with E-state index in [0.29, 0.717) is 12.8 Å². The number of likely N-dealkylation sites (tertiary alicyclic amines) is 1. The fourth-order valence-electron chi connectivity index (χ4n) is 5.64. The summed E-state index contributed by atoms with van der Waals surface area (Å²) in [6.07, 6.45) is -2.11. The average molecular weight is 845 g/mol. The summed E-state index contributed by atoms with van der Waals surface area (Å²) >= 11 is 0. The van der Waals surface area contributed by atoms with Crippen LogP contribution >= 0.6 is 0 Å². The maximum Gasteiger partial charge on any atom is 0.328 e. The van der Waals surface area contributed by atoms with Gasteiger partial charge in [-0.15, -0.1) is 0 Å². The van der Waals surface area contributed by atoms with Crippen LogP contribution in [0.15, 0.2) is 0 Å². The first-order valence-corrected chi connectivity index (χ1v) is 18.6. The summed E-state index contributed by atoms with van der Waals surface area (Å²) < 4.78 is 0. The molecule has 0 saturated carbocycles. The van der Waals surface area contributed by atoms with Gasteiger partial charge in [0.1, 0.15) is 30.2 Å². The SMILES string of the molecule is CC(C)C[C@H](N)C(=O)N1CCC[C@H]1C(=O)N[C@@H](CC(=O)O)C(=O)NCC(=O)N[C@@H](CO)C(=O)N[C@@H](C)C(=O)N[C@@H](CCC(N)=O)C(=O)NCC(=O)N[C@H](C(=O)O)[C@@H](C)O. The topological polar surface area (TPSA) is 408 Å². The number of aliphatic hydroxyl groups is 2. The fourth-order valence-corrected chi connectivity index (χ4v) is 5.64. The third-order valence-corrected chi connectivity index (χ3v) is 8.70. The number of nitrogens with two attached hydrogens (primary N) is 2. The summed E-state index contributed by atoms with van der Waals surface area (Å²) in [5.41, 5.74) is 11.2. The van der Waals surface area contributed by atoms with Gasteiger partial charge in [0.2, 0.25) is 53.2 Å². The number of carbonyl (C=O) groups excluding carboxylic acids is 9. The fraction of sp³-hybridized carbons (Fsp3) is 0.676. The largest absolute Gasteiger partial charge is 0.481 e. The maximum absolute atomic E-state index is 13.1. The first kappa shape index (κ1) is 51.1. The molecule has 0 radical (unpaired) electrons. The van der Waals surface area contributed by atoms with Crippen molar-refractivity contribution in [2.75, 3.05) is 26.2 Å². The van der Waals surface area contributed by atoms with E-state index < -0.39 is 146 Å². The summed E-state index contributed by atoms with van der Waals surface area (Å²) in [6.45, 7) is 3.55. The molecule has 9 amide bonds. The zero-order valence-corrected chi connectivity index (χ0v) is 33.1. The molecule has 0 aromatic rings. The normalized spacial score (nSPS) is 17.1. The lowest BCUT2D eigenvalue weighted by Gasteiger charge is -2.28. The van der Waals surface area contributed by atoms with Crippen LogP contribution in [0, 0.1) is 5.92 Å². The van der Waals surface area contributed by atoms with Gasteiger partial charge >= 0.3 is 11.9 Å². The molecule has 8 atom stereocenters. The number of nitrogens with zero attached hydrogens (tertiary/aromatic N) is 1. The van der Waals surface area contributed by atoms with Gasteiger partial charge in [-0.3, -0.25) is 47.9 Å². The zero-order valence-electron chi connectivity index (χ0n) is 33.1. The molecule has 0 spiro atoms. The van der Waals surface area contributed by atoms with Crippen LogP contribution in [0.5, 0.6) is 0 Å². The van der Waals surface area contributed by atoms with Gasteiger partial charge in [0.15, 0.2) is 6.04 Å². The summed E-state index contributed by atoms with van der Waals surface area (Å²) in [5, 5.41) is 52.9. The standard InChI is InChI=1S/C34H56N10O15/c1-15(2)10-18(35)33(57)44-9-5-6-22(44)32(56)42-20(11-26(50)51)30(54)38-12-24(48)40-21(14-45)31(55)39-16(3)28(52)41-19(7-8-23(36)47)29(53)37-13-25(49)43-27(17(4)46)34(58)59/h15-22,27,45-46H,5-14,35H2,1-4H3,(H2,36,47)(H,37,53)(H,38,54)(H,39,55)(H,40,48)(H,41,52)(H,42,56)(H,43,49)(H,50,51)(H,58,59)/t16-,17+,18-,19-,20-,21-,22-,27-/m0/s1. The number of hydrogen-bond donors (Lipinski definition) is 13. The summed E-state index contributed by atoms with van der Waals surface area (Å²) in [4.78, 5) is 138. The van der Waals surface area contributed by atoms with Crippen LogP contribution in [0.25, 0.3) is 0 Å². The van der Waals surface area contributed by atoms with Crippen LogP contribution in [0.3, 0.4) is 0 Å². The predicted molar refractivity (Wildman–Crippen MR) is 201 cm³/mol. The van der Waals surface area contributed by atoms with Crippen molar-refractivity contribution in [3.05, 3.63) is 0 Å². The lowest BCUT2D eigenvalue weighted by Crippen LogP contribution is -2.58. The van der Waals surface area contributed by atoms with Gasteiger partial charge in [-0.1, -0.05) is 13.8 Å². The quantitative estimate of drug-likeness (QED) is 0.0406. The van der Waals surface area contributed by atoms with E-state index in [-0.39, 0.29) is 25.3 Å². The molecule has 1 aliphatic heterocycles. The zero-order chi connectivity index (χ0) is 45.1. The van der Waals surface area contributed by atoms with Crippen molar-refractivity contribution < 1.29 is 73.2 Å².